The summed E-state index contributed by atoms with van der Waals surface area (Å²) in [6, 6.07) is 7.47. The fraction of sp³-hybridized carbons (Fsp3) is 0.417. The van der Waals surface area contributed by atoms with Crippen molar-refractivity contribution in [3.8, 4) is 0 Å². The number of carbonyl (C=O) groups excluding carboxylic acids is 1. The minimum absolute atomic E-state index is 0.00639. The predicted molar refractivity (Wildman–Crippen MR) is 62.4 cm³/mol. The molecule has 1 aromatic rings. The van der Waals surface area contributed by atoms with E-state index in [1.54, 1.807) is 23.8 Å². The molecule has 1 fully saturated rings. The zero-order chi connectivity index (χ0) is 11.7. The molecule has 2 rings (SSSR count). The van der Waals surface area contributed by atoms with Crippen LogP contribution in [0.4, 0.5) is 10.5 Å². The van der Waals surface area contributed by atoms with Gasteiger partial charge < -0.3 is 10.0 Å². The molecule has 0 aliphatic carbocycles. The standard InChI is InChI=1S/C12H16N2O2/c1-9(15)10-5-3-4-6-11(10)14-8-7-13(2)12(14)16/h3-6,9,15H,7-8H2,1-2H3. The molecule has 16 heavy (non-hydrogen) atoms. The fourth-order valence-electron chi connectivity index (χ4n) is 1.96. The number of carbonyl (C=O) groups is 1. The Morgan fingerprint density at radius 3 is 2.56 bits per heavy atom. The van der Waals surface area contributed by atoms with Gasteiger partial charge in [0.25, 0.3) is 0 Å². The smallest absolute Gasteiger partial charge is 0.324 e. The summed E-state index contributed by atoms with van der Waals surface area (Å²) >= 11 is 0. The topological polar surface area (TPSA) is 43.8 Å². The van der Waals surface area contributed by atoms with Crippen molar-refractivity contribution in [2.24, 2.45) is 0 Å². The number of benzene rings is 1. The molecule has 0 saturated carbocycles. The highest BCUT2D eigenvalue weighted by atomic mass is 16.3. The number of nitrogens with zero attached hydrogens (tertiary/aromatic N) is 2. The summed E-state index contributed by atoms with van der Waals surface area (Å²) in [6.45, 7) is 3.12. The SMILES string of the molecule is CC(O)c1ccccc1N1CCN(C)C1=O. The fourth-order valence-corrected chi connectivity index (χ4v) is 1.96. The van der Waals surface area contributed by atoms with Gasteiger partial charge in [-0.3, -0.25) is 4.90 Å². The van der Waals surface area contributed by atoms with E-state index in [9.17, 15) is 9.90 Å². The summed E-state index contributed by atoms with van der Waals surface area (Å²) < 4.78 is 0. The van der Waals surface area contributed by atoms with Crippen LogP contribution in [0.3, 0.4) is 0 Å². The maximum atomic E-state index is 11.9. The molecular weight excluding hydrogens is 204 g/mol. The molecule has 1 atom stereocenters. The van der Waals surface area contributed by atoms with Gasteiger partial charge in [0.15, 0.2) is 0 Å². The summed E-state index contributed by atoms with van der Waals surface area (Å²) in [5, 5.41) is 9.67. The van der Waals surface area contributed by atoms with Gasteiger partial charge in [-0.1, -0.05) is 18.2 Å². The minimum atomic E-state index is -0.560. The molecule has 1 aromatic carbocycles. The molecule has 0 bridgehead atoms. The van der Waals surface area contributed by atoms with Gasteiger partial charge in [0.05, 0.1) is 11.8 Å². The molecule has 2 amide bonds. The maximum Gasteiger partial charge on any atom is 0.324 e. The maximum absolute atomic E-state index is 11.9. The van der Waals surface area contributed by atoms with E-state index in [1.165, 1.54) is 0 Å². The highest BCUT2D eigenvalue weighted by Crippen LogP contribution is 2.28. The van der Waals surface area contributed by atoms with Crippen molar-refractivity contribution in [3.05, 3.63) is 29.8 Å². The Balaban J connectivity index is 2.37. The van der Waals surface area contributed by atoms with E-state index >= 15 is 0 Å². The van der Waals surface area contributed by atoms with Crippen LogP contribution < -0.4 is 4.90 Å². The lowest BCUT2D eigenvalue weighted by Crippen LogP contribution is -2.30. The van der Waals surface area contributed by atoms with Crippen LogP contribution in [-0.4, -0.2) is 36.2 Å². The zero-order valence-electron chi connectivity index (χ0n) is 9.55. The molecule has 4 heteroatoms. The minimum Gasteiger partial charge on any atom is -0.389 e. The van der Waals surface area contributed by atoms with Gasteiger partial charge in [-0.05, 0) is 13.0 Å². The van der Waals surface area contributed by atoms with Gasteiger partial charge in [-0.15, -0.1) is 0 Å². The number of aliphatic hydroxyl groups excluding tert-OH is 1. The Hall–Kier alpha value is -1.55. The average Bonchev–Trinajstić information content (AvgIpc) is 2.60. The monoisotopic (exact) mass is 220 g/mol. The number of urea groups is 1. The molecule has 0 radical (unpaired) electrons. The first-order valence-electron chi connectivity index (χ1n) is 5.41. The quantitative estimate of drug-likeness (QED) is 0.823. The van der Waals surface area contributed by atoms with Crippen LogP contribution in [0.5, 0.6) is 0 Å². The van der Waals surface area contributed by atoms with Crippen LogP contribution in [0.25, 0.3) is 0 Å². The van der Waals surface area contributed by atoms with Crippen LogP contribution in [0.2, 0.25) is 0 Å². The largest absolute Gasteiger partial charge is 0.389 e. The third-order valence-electron chi connectivity index (χ3n) is 2.89. The van der Waals surface area contributed by atoms with Crippen LogP contribution >= 0.6 is 0 Å². The second-order valence-corrected chi connectivity index (χ2v) is 4.09. The Morgan fingerprint density at radius 1 is 1.31 bits per heavy atom. The number of anilines is 1. The lowest BCUT2D eigenvalue weighted by molar-refractivity contribution is 0.199. The Labute approximate surface area is 95.1 Å². The molecule has 1 aliphatic rings. The van der Waals surface area contributed by atoms with Crippen LogP contribution in [0, 0.1) is 0 Å². The number of hydrogen-bond donors (Lipinski definition) is 1. The van der Waals surface area contributed by atoms with Crippen molar-refractivity contribution in [2.45, 2.75) is 13.0 Å². The molecule has 0 aromatic heterocycles. The Kier molecular flexibility index (Phi) is 2.83. The third kappa shape index (κ3) is 1.76. The number of likely N-dealkylation sites (N-methyl/N-ethyl adjacent to an activating group) is 1. The molecule has 1 heterocycles. The van der Waals surface area contributed by atoms with E-state index in [-0.39, 0.29) is 6.03 Å². The average molecular weight is 220 g/mol. The van der Waals surface area contributed by atoms with E-state index in [1.807, 2.05) is 24.3 Å². The summed E-state index contributed by atoms with van der Waals surface area (Å²) in [5.41, 5.74) is 1.61. The van der Waals surface area contributed by atoms with E-state index in [0.717, 1.165) is 17.8 Å². The lowest BCUT2D eigenvalue weighted by Gasteiger charge is -2.20. The molecule has 1 N–H and O–H groups in total. The number of para-hydroxylation sites is 1. The van der Waals surface area contributed by atoms with Gasteiger partial charge in [0, 0.05) is 25.7 Å². The van der Waals surface area contributed by atoms with Crippen LogP contribution in [0.1, 0.15) is 18.6 Å². The lowest BCUT2D eigenvalue weighted by atomic mass is 10.1. The van der Waals surface area contributed by atoms with Crippen molar-refractivity contribution in [2.75, 3.05) is 25.0 Å². The van der Waals surface area contributed by atoms with Crippen molar-refractivity contribution < 1.29 is 9.90 Å². The number of rotatable bonds is 2. The highest BCUT2D eigenvalue weighted by Gasteiger charge is 2.28. The highest BCUT2D eigenvalue weighted by molar-refractivity contribution is 5.94. The molecule has 1 aliphatic heterocycles. The van der Waals surface area contributed by atoms with Crippen LogP contribution in [-0.2, 0) is 0 Å². The van der Waals surface area contributed by atoms with Crippen molar-refractivity contribution in [1.29, 1.82) is 0 Å². The van der Waals surface area contributed by atoms with E-state index in [4.69, 9.17) is 0 Å². The summed E-state index contributed by atoms with van der Waals surface area (Å²) in [4.78, 5) is 15.2. The number of amides is 2. The second-order valence-electron chi connectivity index (χ2n) is 4.09. The summed E-state index contributed by atoms with van der Waals surface area (Å²) in [7, 11) is 1.79. The molecule has 1 unspecified atom stereocenters. The number of hydrogen-bond acceptors (Lipinski definition) is 2. The molecular formula is C12H16N2O2. The van der Waals surface area contributed by atoms with Gasteiger partial charge in [-0.2, -0.15) is 0 Å². The van der Waals surface area contributed by atoms with E-state index in [2.05, 4.69) is 0 Å². The van der Waals surface area contributed by atoms with Crippen LogP contribution in [0.15, 0.2) is 24.3 Å². The van der Waals surface area contributed by atoms with Gasteiger partial charge in [0.2, 0.25) is 0 Å². The summed E-state index contributed by atoms with van der Waals surface area (Å²) in [6.07, 6.45) is -0.560. The Bertz CT molecular complexity index is 404. The molecule has 1 saturated heterocycles. The zero-order valence-corrected chi connectivity index (χ0v) is 9.55. The first kappa shape index (κ1) is 11.0. The van der Waals surface area contributed by atoms with Crippen molar-refractivity contribution in [3.63, 3.8) is 0 Å². The molecule has 4 nitrogen and oxygen atoms in total. The van der Waals surface area contributed by atoms with E-state index in [0.29, 0.717) is 6.54 Å². The van der Waals surface area contributed by atoms with Gasteiger partial charge >= 0.3 is 6.03 Å². The summed E-state index contributed by atoms with van der Waals surface area (Å²) in [5.74, 6) is 0. The molecule has 0 spiro atoms. The van der Waals surface area contributed by atoms with Gasteiger partial charge in [0.1, 0.15) is 0 Å². The van der Waals surface area contributed by atoms with E-state index < -0.39 is 6.10 Å². The van der Waals surface area contributed by atoms with Gasteiger partial charge in [-0.25, -0.2) is 4.79 Å². The first-order valence-corrected chi connectivity index (χ1v) is 5.41. The normalized spacial score (nSPS) is 18.1. The van der Waals surface area contributed by atoms with Crippen molar-refractivity contribution >= 4 is 11.7 Å². The van der Waals surface area contributed by atoms with Crippen molar-refractivity contribution in [1.82, 2.24) is 4.90 Å². The number of aliphatic hydroxyl groups is 1. The molecule has 86 valence electrons. The first-order chi connectivity index (χ1) is 7.61. The predicted octanol–water partition coefficient (Wildman–Crippen LogP) is 1.61. The Morgan fingerprint density at radius 2 is 2.00 bits per heavy atom. The second kappa shape index (κ2) is 4.14. The third-order valence-corrected chi connectivity index (χ3v) is 2.89.